The van der Waals surface area contributed by atoms with E-state index in [-0.39, 0.29) is 23.6 Å². The molecule has 4 nitrogen and oxygen atoms in total. The van der Waals surface area contributed by atoms with E-state index in [1.165, 1.54) is 12.1 Å². The summed E-state index contributed by atoms with van der Waals surface area (Å²) in [6.45, 7) is 2.21. The van der Waals surface area contributed by atoms with Gasteiger partial charge >= 0.3 is 6.18 Å². The standard InChI is InChI=1S/C14H13F3N2O2/c1-8-11(4-5-21-8)13(20)19-10-3-2-9(7-18)12(6-10)14(15,16)17/h2-3,6,8,11H,4-5H2,1H3,(H,19,20). The highest BCUT2D eigenvalue weighted by Crippen LogP contribution is 2.33. The minimum Gasteiger partial charge on any atom is -0.378 e. The Labute approximate surface area is 119 Å². The predicted octanol–water partition coefficient (Wildman–Crippen LogP) is 2.94. The SMILES string of the molecule is CC1OCCC1C(=O)Nc1ccc(C#N)c(C(F)(F)F)c1. The fourth-order valence-corrected chi connectivity index (χ4v) is 2.27. The Morgan fingerprint density at radius 2 is 2.19 bits per heavy atom. The number of ether oxygens (including phenoxy) is 1. The summed E-state index contributed by atoms with van der Waals surface area (Å²) in [6.07, 6.45) is -4.37. The maximum absolute atomic E-state index is 12.8. The third-order valence-corrected chi connectivity index (χ3v) is 3.43. The lowest BCUT2D eigenvalue weighted by Gasteiger charge is -2.15. The molecule has 1 aliphatic rings. The molecule has 1 aromatic carbocycles. The van der Waals surface area contributed by atoms with Crippen LogP contribution in [0.1, 0.15) is 24.5 Å². The first-order chi connectivity index (χ1) is 9.82. The molecule has 1 N–H and O–H groups in total. The second kappa shape index (κ2) is 5.74. The van der Waals surface area contributed by atoms with Crippen molar-refractivity contribution in [3.8, 4) is 6.07 Å². The lowest BCUT2D eigenvalue weighted by atomic mass is 10.0. The number of carbonyl (C=O) groups excluding carboxylic acids is 1. The van der Waals surface area contributed by atoms with Gasteiger partial charge < -0.3 is 10.1 Å². The second-order valence-corrected chi connectivity index (χ2v) is 4.83. The van der Waals surface area contributed by atoms with Gasteiger partial charge in [-0.25, -0.2) is 0 Å². The monoisotopic (exact) mass is 298 g/mol. The first kappa shape index (κ1) is 15.3. The van der Waals surface area contributed by atoms with Gasteiger partial charge in [-0.05, 0) is 31.5 Å². The number of carbonyl (C=O) groups is 1. The summed E-state index contributed by atoms with van der Waals surface area (Å²) in [7, 11) is 0. The van der Waals surface area contributed by atoms with Gasteiger partial charge in [0.1, 0.15) is 0 Å². The molecule has 1 aliphatic heterocycles. The highest BCUT2D eigenvalue weighted by Gasteiger charge is 2.35. The summed E-state index contributed by atoms with van der Waals surface area (Å²) in [5, 5.41) is 11.2. The van der Waals surface area contributed by atoms with Gasteiger partial charge in [-0.2, -0.15) is 18.4 Å². The molecule has 1 fully saturated rings. The van der Waals surface area contributed by atoms with E-state index in [1.54, 1.807) is 6.92 Å². The maximum Gasteiger partial charge on any atom is 0.417 e. The van der Waals surface area contributed by atoms with Gasteiger partial charge in [0, 0.05) is 12.3 Å². The smallest absolute Gasteiger partial charge is 0.378 e. The largest absolute Gasteiger partial charge is 0.417 e. The van der Waals surface area contributed by atoms with Gasteiger partial charge in [0.15, 0.2) is 0 Å². The van der Waals surface area contributed by atoms with Crippen LogP contribution < -0.4 is 5.32 Å². The Morgan fingerprint density at radius 3 is 2.71 bits per heavy atom. The molecule has 1 aromatic rings. The Hall–Kier alpha value is -2.07. The van der Waals surface area contributed by atoms with Crippen molar-refractivity contribution in [2.75, 3.05) is 11.9 Å². The van der Waals surface area contributed by atoms with Crippen LogP contribution >= 0.6 is 0 Å². The number of nitriles is 1. The number of benzene rings is 1. The van der Waals surface area contributed by atoms with E-state index in [9.17, 15) is 18.0 Å². The Bertz CT molecular complexity index is 593. The summed E-state index contributed by atoms with van der Waals surface area (Å²) in [4.78, 5) is 12.0. The van der Waals surface area contributed by atoms with Crippen molar-refractivity contribution in [3.05, 3.63) is 29.3 Å². The maximum atomic E-state index is 12.8. The summed E-state index contributed by atoms with van der Waals surface area (Å²) < 4.78 is 43.8. The number of nitrogens with one attached hydrogen (secondary N) is 1. The molecule has 0 radical (unpaired) electrons. The molecule has 1 heterocycles. The van der Waals surface area contributed by atoms with Gasteiger partial charge in [0.2, 0.25) is 5.91 Å². The molecule has 0 bridgehead atoms. The number of rotatable bonds is 2. The quantitative estimate of drug-likeness (QED) is 0.913. The lowest BCUT2D eigenvalue weighted by Crippen LogP contribution is -2.27. The normalized spacial score (nSPS) is 21.9. The van der Waals surface area contributed by atoms with Crippen LogP contribution in [0.3, 0.4) is 0 Å². The zero-order valence-corrected chi connectivity index (χ0v) is 11.2. The van der Waals surface area contributed by atoms with Gasteiger partial charge in [0.25, 0.3) is 0 Å². The number of anilines is 1. The number of nitrogens with zero attached hydrogens (tertiary/aromatic N) is 1. The molecule has 2 unspecified atom stereocenters. The molecule has 21 heavy (non-hydrogen) atoms. The summed E-state index contributed by atoms with van der Waals surface area (Å²) >= 11 is 0. The molecule has 0 aliphatic carbocycles. The van der Waals surface area contributed by atoms with Crippen LogP contribution in [0, 0.1) is 17.2 Å². The minimum atomic E-state index is -4.64. The van der Waals surface area contributed by atoms with Crippen LogP contribution in [-0.2, 0) is 15.7 Å². The van der Waals surface area contributed by atoms with Crippen LogP contribution in [0.2, 0.25) is 0 Å². The van der Waals surface area contributed by atoms with Crippen LogP contribution in [0.25, 0.3) is 0 Å². The van der Waals surface area contributed by atoms with Crippen LogP contribution in [0.15, 0.2) is 18.2 Å². The van der Waals surface area contributed by atoms with Crippen molar-refractivity contribution >= 4 is 11.6 Å². The molecule has 0 saturated carbocycles. The molecule has 0 spiro atoms. The fraction of sp³-hybridized carbons (Fsp3) is 0.429. The average Bonchev–Trinajstić information content (AvgIpc) is 2.84. The summed E-state index contributed by atoms with van der Waals surface area (Å²) in [6, 6.07) is 4.60. The van der Waals surface area contributed by atoms with Crippen molar-refractivity contribution < 1.29 is 22.7 Å². The van der Waals surface area contributed by atoms with E-state index in [4.69, 9.17) is 10.00 Å². The van der Waals surface area contributed by atoms with Crippen molar-refractivity contribution in [1.29, 1.82) is 5.26 Å². The number of halogens is 3. The molecule has 2 atom stereocenters. The molecule has 0 aromatic heterocycles. The Balaban J connectivity index is 2.22. The molecule has 7 heteroatoms. The van der Waals surface area contributed by atoms with Gasteiger partial charge in [-0.1, -0.05) is 0 Å². The third-order valence-electron chi connectivity index (χ3n) is 3.43. The van der Waals surface area contributed by atoms with E-state index < -0.39 is 17.3 Å². The molecular formula is C14H13F3N2O2. The molecular weight excluding hydrogens is 285 g/mol. The fourth-order valence-electron chi connectivity index (χ4n) is 2.27. The number of amides is 1. The minimum absolute atomic E-state index is 0.0189. The Kier molecular flexibility index (Phi) is 4.19. The average molecular weight is 298 g/mol. The van der Waals surface area contributed by atoms with Gasteiger partial charge in [0.05, 0.1) is 29.2 Å². The topological polar surface area (TPSA) is 62.1 Å². The number of alkyl halides is 3. The van der Waals surface area contributed by atoms with E-state index in [2.05, 4.69) is 5.32 Å². The first-order valence-corrected chi connectivity index (χ1v) is 6.36. The van der Waals surface area contributed by atoms with Gasteiger partial charge in [-0.15, -0.1) is 0 Å². The van der Waals surface area contributed by atoms with E-state index >= 15 is 0 Å². The van der Waals surface area contributed by atoms with Crippen molar-refractivity contribution in [1.82, 2.24) is 0 Å². The highest BCUT2D eigenvalue weighted by molar-refractivity contribution is 5.93. The van der Waals surface area contributed by atoms with Crippen molar-refractivity contribution in [2.24, 2.45) is 5.92 Å². The lowest BCUT2D eigenvalue weighted by molar-refractivity contribution is -0.137. The van der Waals surface area contributed by atoms with Crippen molar-refractivity contribution in [3.63, 3.8) is 0 Å². The molecule has 1 saturated heterocycles. The molecule has 2 rings (SSSR count). The van der Waals surface area contributed by atoms with Crippen LogP contribution in [-0.4, -0.2) is 18.6 Å². The first-order valence-electron chi connectivity index (χ1n) is 6.36. The van der Waals surface area contributed by atoms with E-state index in [1.807, 2.05) is 0 Å². The number of hydrogen-bond donors (Lipinski definition) is 1. The van der Waals surface area contributed by atoms with E-state index in [0.717, 1.165) is 12.1 Å². The number of hydrogen-bond acceptors (Lipinski definition) is 3. The predicted molar refractivity (Wildman–Crippen MR) is 68.3 cm³/mol. The zero-order chi connectivity index (χ0) is 15.6. The second-order valence-electron chi connectivity index (χ2n) is 4.83. The Morgan fingerprint density at radius 1 is 1.48 bits per heavy atom. The summed E-state index contributed by atoms with van der Waals surface area (Å²) in [5.74, 6) is -0.757. The van der Waals surface area contributed by atoms with E-state index in [0.29, 0.717) is 13.0 Å². The molecule has 112 valence electrons. The van der Waals surface area contributed by atoms with Gasteiger partial charge in [-0.3, -0.25) is 4.79 Å². The van der Waals surface area contributed by atoms with Crippen LogP contribution in [0.5, 0.6) is 0 Å². The zero-order valence-electron chi connectivity index (χ0n) is 11.2. The summed E-state index contributed by atoms with van der Waals surface area (Å²) in [5.41, 5.74) is -1.51. The van der Waals surface area contributed by atoms with Crippen molar-refractivity contribution in [2.45, 2.75) is 25.6 Å². The van der Waals surface area contributed by atoms with Crippen LogP contribution in [0.4, 0.5) is 18.9 Å². The third kappa shape index (κ3) is 3.34. The highest BCUT2D eigenvalue weighted by atomic mass is 19.4. The molecule has 1 amide bonds.